The molecule has 2 nitrogen and oxygen atoms in total. The van der Waals surface area contributed by atoms with E-state index in [1.165, 1.54) is 54.6 Å². The molecule has 2 aromatic heterocycles. The van der Waals surface area contributed by atoms with Crippen molar-refractivity contribution in [2.45, 2.75) is 0 Å². The lowest BCUT2D eigenvalue weighted by atomic mass is 9.83. The van der Waals surface area contributed by atoms with Crippen LogP contribution in [0.3, 0.4) is 0 Å². The number of benzene rings is 10. The van der Waals surface area contributed by atoms with E-state index in [1.54, 1.807) is 0 Å². The summed E-state index contributed by atoms with van der Waals surface area (Å²) in [5.41, 5.74) is 10.7. The molecule has 0 amide bonds. The van der Waals surface area contributed by atoms with E-state index in [0.717, 1.165) is 65.8 Å². The number of furan rings is 2. The van der Waals surface area contributed by atoms with E-state index < -0.39 is 0 Å². The first-order valence-electron chi connectivity index (χ1n) is 18.5. The smallest absolute Gasteiger partial charge is 0.147 e. The van der Waals surface area contributed by atoms with E-state index in [1.807, 2.05) is 12.1 Å². The molecular formula is C52H30O2. The highest BCUT2D eigenvalue weighted by molar-refractivity contribution is 6.29. The van der Waals surface area contributed by atoms with Crippen LogP contribution in [0.5, 0.6) is 0 Å². The van der Waals surface area contributed by atoms with Crippen molar-refractivity contribution in [3.8, 4) is 33.4 Å². The Morgan fingerprint density at radius 3 is 1.48 bits per heavy atom. The number of hydrogen-bond acceptors (Lipinski definition) is 2. The topological polar surface area (TPSA) is 26.3 Å². The van der Waals surface area contributed by atoms with Gasteiger partial charge in [-0.2, -0.15) is 0 Å². The molecule has 0 atom stereocenters. The van der Waals surface area contributed by atoms with Gasteiger partial charge in [0.05, 0.1) is 5.39 Å². The number of hydrogen-bond donors (Lipinski definition) is 0. The fourth-order valence-corrected chi connectivity index (χ4v) is 9.18. The molecule has 12 aromatic rings. The molecule has 0 aliphatic carbocycles. The highest BCUT2D eigenvalue weighted by Crippen LogP contribution is 2.49. The summed E-state index contributed by atoms with van der Waals surface area (Å²) in [6, 6.07) is 65.5. The maximum absolute atomic E-state index is 6.92. The van der Waals surface area contributed by atoms with Crippen LogP contribution in [0.15, 0.2) is 191 Å². The van der Waals surface area contributed by atoms with Gasteiger partial charge in [0.1, 0.15) is 22.3 Å². The molecule has 0 fully saturated rings. The van der Waals surface area contributed by atoms with E-state index >= 15 is 0 Å². The molecule has 0 saturated heterocycles. The monoisotopic (exact) mass is 686 g/mol. The molecule has 0 radical (unpaired) electrons. The zero-order valence-electron chi connectivity index (χ0n) is 29.1. The average molecular weight is 687 g/mol. The van der Waals surface area contributed by atoms with Crippen LogP contribution in [0.1, 0.15) is 0 Å². The summed E-state index contributed by atoms with van der Waals surface area (Å²) in [7, 11) is 0. The molecular weight excluding hydrogens is 657 g/mol. The van der Waals surface area contributed by atoms with Crippen molar-refractivity contribution in [1.82, 2.24) is 0 Å². The lowest BCUT2D eigenvalue weighted by Crippen LogP contribution is -1.93. The highest BCUT2D eigenvalue weighted by atomic mass is 16.3. The Morgan fingerprint density at radius 1 is 0.278 bits per heavy atom. The highest BCUT2D eigenvalue weighted by Gasteiger charge is 2.23. The molecule has 0 spiro atoms. The van der Waals surface area contributed by atoms with Crippen LogP contribution >= 0.6 is 0 Å². The van der Waals surface area contributed by atoms with Crippen molar-refractivity contribution < 1.29 is 8.83 Å². The predicted octanol–water partition coefficient (Wildman–Crippen LogP) is 15.1. The first kappa shape index (κ1) is 29.4. The molecule has 0 aliphatic rings. The van der Waals surface area contributed by atoms with Crippen LogP contribution in [0, 0.1) is 0 Å². The van der Waals surface area contributed by atoms with Crippen molar-refractivity contribution >= 4 is 87.0 Å². The van der Waals surface area contributed by atoms with Gasteiger partial charge in [-0.15, -0.1) is 0 Å². The maximum atomic E-state index is 6.92. The normalized spacial score (nSPS) is 12.1. The quantitative estimate of drug-likeness (QED) is 0.173. The lowest BCUT2D eigenvalue weighted by Gasteiger charge is -2.20. The molecule has 2 heterocycles. The third-order valence-electron chi connectivity index (χ3n) is 11.4. The molecule has 0 unspecified atom stereocenters. The van der Waals surface area contributed by atoms with Crippen molar-refractivity contribution in [2.24, 2.45) is 0 Å². The van der Waals surface area contributed by atoms with Crippen LogP contribution in [-0.2, 0) is 0 Å². The van der Waals surface area contributed by atoms with E-state index in [2.05, 4.69) is 170 Å². The van der Waals surface area contributed by atoms with Gasteiger partial charge in [0.25, 0.3) is 0 Å². The summed E-state index contributed by atoms with van der Waals surface area (Å²) >= 11 is 0. The second-order valence-electron chi connectivity index (χ2n) is 14.3. The van der Waals surface area contributed by atoms with E-state index in [0.29, 0.717) is 0 Å². The van der Waals surface area contributed by atoms with Gasteiger partial charge in [-0.25, -0.2) is 0 Å². The summed E-state index contributed by atoms with van der Waals surface area (Å²) in [5, 5.41) is 14.0. The largest absolute Gasteiger partial charge is 0.455 e. The van der Waals surface area contributed by atoms with Crippen LogP contribution in [0.2, 0.25) is 0 Å². The molecule has 0 aliphatic heterocycles. The molecule has 0 saturated carbocycles. The zero-order valence-corrected chi connectivity index (χ0v) is 29.1. The minimum absolute atomic E-state index is 0.825. The summed E-state index contributed by atoms with van der Waals surface area (Å²) in [4.78, 5) is 0. The third-order valence-corrected chi connectivity index (χ3v) is 11.4. The molecule has 250 valence electrons. The summed E-state index contributed by atoms with van der Waals surface area (Å²) in [6.07, 6.45) is 0. The van der Waals surface area contributed by atoms with E-state index in [9.17, 15) is 0 Å². The number of para-hydroxylation sites is 1. The van der Waals surface area contributed by atoms with Gasteiger partial charge >= 0.3 is 0 Å². The summed E-state index contributed by atoms with van der Waals surface area (Å²) in [6.45, 7) is 0. The second kappa shape index (κ2) is 11.2. The Balaban J connectivity index is 1.19. The van der Waals surface area contributed by atoms with E-state index in [4.69, 9.17) is 8.83 Å². The van der Waals surface area contributed by atoms with Crippen LogP contribution < -0.4 is 0 Å². The SMILES string of the molecule is c1ccc(-c2c3ccccc3c(-c3ccc(-c4c5ccccc5cc5c4oc4ccc6c7ccccc7oc6c45)c4ccccc34)c3ccccc23)cc1. The van der Waals surface area contributed by atoms with Crippen LogP contribution in [-0.4, -0.2) is 0 Å². The van der Waals surface area contributed by atoms with Crippen molar-refractivity contribution in [3.05, 3.63) is 182 Å². The van der Waals surface area contributed by atoms with Gasteiger partial charge in [-0.05, 0) is 95.2 Å². The van der Waals surface area contributed by atoms with Gasteiger partial charge in [0, 0.05) is 21.7 Å². The fourth-order valence-electron chi connectivity index (χ4n) is 9.18. The summed E-state index contributed by atoms with van der Waals surface area (Å²) in [5.74, 6) is 0. The fraction of sp³-hybridized carbons (Fsp3) is 0. The third kappa shape index (κ3) is 4.05. The van der Waals surface area contributed by atoms with Crippen LogP contribution in [0.25, 0.3) is 120 Å². The first-order valence-corrected chi connectivity index (χ1v) is 18.5. The zero-order chi connectivity index (χ0) is 35.3. The van der Waals surface area contributed by atoms with Gasteiger partial charge in [-0.1, -0.05) is 158 Å². The Hall–Kier alpha value is -7.16. The van der Waals surface area contributed by atoms with Crippen molar-refractivity contribution in [1.29, 1.82) is 0 Å². The van der Waals surface area contributed by atoms with Gasteiger partial charge < -0.3 is 8.83 Å². The Labute approximate surface area is 310 Å². The minimum Gasteiger partial charge on any atom is -0.455 e. The number of fused-ring (bicyclic) bond motifs is 11. The summed E-state index contributed by atoms with van der Waals surface area (Å²) < 4.78 is 13.5. The number of rotatable bonds is 3. The maximum Gasteiger partial charge on any atom is 0.147 e. The molecule has 54 heavy (non-hydrogen) atoms. The van der Waals surface area contributed by atoms with Crippen molar-refractivity contribution in [2.75, 3.05) is 0 Å². The predicted molar refractivity (Wildman–Crippen MR) is 227 cm³/mol. The molecule has 12 rings (SSSR count). The van der Waals surface area contributed by atoms with Crippen LogP contribution in [0.4, 0.5) is 0 Å². The first-order chi connectivity index (χ1) is 26.8. The molecule has 2 heteroatoms. The minimum atomic E-state index is 0.825. The molecule has 0 bridgehead atoms. The van der Waals surface area contributed by atoms with Gasteiger partial charge in [-0.3, -0.25) is 0 Å². The van der Waals surface area contributed by atoms with Gasteiger partial charge in [0.2, 0.25) is 0 Å². The Kier molecular flexibility index (Phi) is 6.09. The van der Waals surface area contributed by atoms with Gasteiger partial charge in [0.15, 0.2) is 0 Å². The van der Waals surface area contributed by atoms with E-state index in [-0.39, 0.29) is 0 Å². The molecule has 10 aromatic carbocycles. The lowest BCUT2D eigenvalue weighted by molar-refractivity contribution is 0.663. The van der Waals surface area contributed by atoms with Crippen molar-refractivity contribution in [3.63, 3.8) is 0 Å². The Morgan fingerprint density at radius 2 is 0.796 bits per heavy atom. The second-order valence-corrected chi connectivity index (χ2v) is 14.3. The molecule has 0 N–H and O–H groups in total. The Bertz CT molecular complexity index is 3430. The average Bonchev–Trinajstić information content (AvgIpc) is 3.80. The standard InChI is InChI=1S/C52H30O2/c1-2-14-31(15-3-1)47-37-21-8-10-23-39(37)48(40-24-11-9-22-38(40)47)41-26-27-42(35-19-7-6-18-34(35)41)49-33-17-5-4-16-32(33)30-44-50-46(54-52(44)49)29-28-43-36-20-12-13-25-45(36)53-51(43)50/h1-30H.